The number of carbonyl (C=O) groups is 1. The van der Waals surface area contributed by atoms with Gasteiger partial charge in [-0.1, -0.05) is 12.8 Å². The Kier molecular flexibility index (Phi) is 4.80. The van der Waals surface area contributed by atoms with Crippen molar-refractivity contribution in [3.8, 4) is 0 Å². The fourth-order valence-electron chi connectivity index (χ4n) is 2.96. The summed E-state index contributed by atoms with van der Waals surface area (Å²) in [4.78, 5) is 14.2. The van der Waals surface area contributed by atoms with Gasteiger partial charge in [0, 0.05) is 26.2 Å². The van der Waals surface area contributed by atoms with Crippen molar-refractivity contribution in [1.29, 1.82) is 0 Å². The first kappa shape index (κ1) is 12.8. The average Bonchev–Trinajstić information content (AvgIpc) is 2.83. The summed E-state index contributed by atoms with van der Waals surface area (Å²) < 4.78 is 5.16. The van der Waals surface area contributed by atoms with E-state index in [-0.39, 0.29) is 12.0 Å². The minimum atomic E-state index is -0.0655. The number of ether oxygens (including phenoxy) is 1. The predicted octanol–water partition coefficient (Wildman–Crippen LogP) is 1.01. The number of hydrogen-bond acceptors (Lipinski definition) is 4. The van der Waals surface area contributed by atoms with E-state index in [0.29, 0.717) is 6.61 Å². The van der Waals surface area contributed by atoms with E-state index in [4.69, 9.17) is 4.74 Å². The maximum absolute atomic E-state index is 11.9. The van der Waals surface area contributed by atoms with E-state index < -0.39 is 0 Å². The summed E-state index contributed by atoms with van der Waals surface area (Å²) in [5.41, 5.74) is 0. The van der Waals surface area contributed by atoms with Crippen molar-refractivity contribution in [1.82, 2.24) is 10.2 Å². The van der Waals surface area contributed by atoms with Crippen molar-refractivity contribution in [2.45, 2.75) is 38.6 Å². The zero-order valence-electron chi connectivity index (χ0n) is 10.8. The third kappa shape index (κ3) is 3.42. The smallest absolute Gasteiger partial charge is 0.324 e. The van der Waals surface area contributed by atoms with Crippen molar-refractivity contribution in [3.05, 3.63) is 0 Å². The molecule has 1 aliphatic carbocycles. The largest absolute Gasteiger partial charge is 0.465 e. The van der Waals surface area contributed by atoms with E-state index in [1.165, 1.54) is 25.7 Å². The van der Waals surface area contributed by atoms with Crippen molar-refractivity contribution in [3.63, 3.8) is 0 Å². The van der Waals surface area contributed by atoms with Gasteiger partial charge < -0.3 is 10.1 Å². The van der Waals surface area contributed by atoms with E-state index in [0.717, 1.165) is 32.1 Å². The molecular formula is C13H24N2O2. The number of rotatable bonds is 4. The summed E-state index contributed by atoms with van der Waals surface area (Å²) in [7, 11) is 0. The van der Waals surface area contributed by atoms with Crippen LogP contribution in [0.25, 0.3) is 0 Å². The Labute approximate surface area is 104 Å². The molecule has 4 nitrogen and oxygen atoms in total. The molecule has 0 radical (unpaired) electrons. The fraction of sp³-hybridized carbons (Fsp3) is 0.923. The summed E-state index contributed by atoms with van der Waals surface area (Å²) in [6.45, 7) is 6.13. The highest BCUT2D eigenvalue weighted by Gasteiger charge is 2.31. The zero-order valence-corrected chi connectivity index (χ0v) is 10.8. The van der Waals surface area contributed by atoms with Gasteiger partial charge in [-0.05, 0) is 25.7 Å². The number of hydrogen-bond donors (Lipinski definition) is 1. The number of piperazine rings is 1. The van der Waals surface area contributed by atoms with Gasteiger partial charge in [-0.25, -0.2) is 0 Å². The molecule has 2 rings (SSSR count). The molecule has 1 N–H and O–H groups in total. The summed E-state index contributed by atoms with van der Waals surface area (Å²) in [5, 5.41) is 3.29. The van der Waals surface area contributed by atoms with Crippen LogP contribution in [-0.4, -0.2) is 49.7 Å². The molecule has 17 heavy (non-hydrogen) atoms. The molecule has 0 spiro atoms. The van der Waals surface area contributed by atoms with Crippen molar-refractivity contribution in [2.75, 3.05) is 32.8 Å². The zero-order chi connectivity index (χ0) is 12.1. The lowest BCUT2D eigenvalue weighted by Gasteiger charge is -2.36. The summed E-state index contributed by atoms with van der Waals surface area (Å²) in [6, 6.07) is -0.0655. The Balaban J connectivity index is 1.89. The number of nitrogens with zero attached hydrogens (tertiary/aromatic N) is 1. The van der Waals surface area contributed by atoms with Crippen LogP contribution in [0.2, 0.25) is 0 Å². The first-order valence-corrected chi connectivity index (χ1v) is 6.92. The van der Waals surface area contributed by atoms with Gasteiger partial charge in [-0.3, -0.25) is 9.69 Å². The van der Waals surface area contributed by atoms with Gasteiger partial charge in [0.15, 0.2) is 0 Å². The van der Waals surface area contributed by atoms with Crippen LogP contribution < -0.4 is 5.32 Å². The maximum Gasteiger partial charge on any atom is 0.324 e. The van der Waals surface area contributed by atoms with Crippen LogP contribution in [0, 0.1) is 5.92 Å². The predicted molar refractivity (Wildman–Crippen MR) is 66.8 cm³/mol. The molecule has 0 bridgehead atoms. The Morgan fingerprint density at radius 1 is 1.41 bits per heavy atom. The van der Waals surface area contributed by atoms with Gasteiger partial charge in [-0.2, -0.15) is 0 Å². The highest BCUT2D eigenvalue weighted by Crippen LogP contribution is 2.26. The molecule has 2 fully saturated rings. The minimum Gasteiger partial charge on any atom is -0.465 e. The third-order valence-electron chi connectivity index (χ3n) is 3.88. The van der Waals surface area contributed by atoms with Gasteiger partial charge >= 0.3 is 5.97 Å². The van der Waals surface area contributed by atoms with Gasteiger partial charge in [0.1, 0.15) is 6.04 Å². The summed E-state index contributed by atoms with van der Waals surface area (Å²) >= 11 is 0. The second-order valence-corrected chi connectivity index (χ2v) is 5.12. The second-order valence-electron chi connectivity index (χ2n) is 5.12. The van der Waals surface area contributed by atoms with Crippen LogP contribution >= 0.6 is 0 Å². The molecule has 1 aliphatic heterocycles. The van der Waals surface area contributed by atoms with Crippen LogP contribution in [-0.2, 0) is 9.53 Å². The number of carbonyl (C=O) groups excluding carboxylic acids is 1. The van der Waals surface area contributed by atoms with Gasteiger partial charge in [0.25, 0.3) is 0 Å². The van der Waals surface area contributed by atoms with Crippen molar-refractivity contribution in [2.24, 2.45) is 5.92 Å². The molecule has 0 aromatic carbocycles. The molecule has 0 amide bonds. The van der Waals surface area contributed by atoms with Gasteiger partial charge in [0.2, 0.25) is 0 Å². The average molecular weight is 240 g/mol. The van der Waals surface area contributed by atoms with E-state index in [9.17, 15) is 4.79 Å². The van der Waals surface area contributed by atoms with Crippen LogP contribution in [0.5, 0.6) is 0 Å². The fourth-order valence-corrected chi connectivity index (χ4v) is 2.96. The summed E-state index contributed by atoms with van der Waals surface area (Å²) in [5.74, 6) is 0.739. The molecule has 0 aromatic heterocycles. The maximum atomic E-state index is 11.9. The van der Waals surface area contributed by atoms with Crippen LogP contribution in [0.3, 0.4) is 0 Å². The Morgan fingerprint density at radius 3 is 2.88 bits per heavy atom. The first-order valence-electron chi connectivity index (χ1n) is 6.92. The molecule has 98 valence electrons. The van der Waals surface area contributed by atoms with Crippen LogP contribution in [0.1, 0.15) is 32.6 Å². The van der Waals surface area contributed by atoms with Crippen LogP contribution in [0.4, 0.5) is 0 Å². The minimum absolute atomic E-state index is 0.0577. The molecular weight excluding hydrogens is 216 g/mol. The molecule has 1 atom stereocenters. The van der Waals surface area contributed by atoms with Crippen molar-refractivity contribution >= 4 is 5.97 Å². The molecule has 1 unspecified atom stereocenters. The molecule has 0 aromatic rings. The highest BCUT2D eigenvalue weighted by molar-refractivity contribution is 5.76. The third-order valence-corrected chi connectivity index (χ3v) is 3.88. The molecule has 4 heteroatoms. The second kappa shape index (κ2) is 6.36. The van der Waals surface area contributed by atoms with E-state index in [2.05, 4.69) is 10.2 Å². The monoisotopic (exact) mass is 240 g/mol. The Hall–Kier alpha value is -0.610. The van der Waals surface area contributed by atoms with Crippen molar-refractivity contribution < 1.29 is 9.53 Å². The normalized spacial score (nSPS) is 27.2. The standard InChI is InChI=1S/C13H24N2O2/c1-2-17-13(16)12-9-14-7-8-15(12)10-11-5-3-4-6-11/h11-12,14H,2-10H2,1H3. The molecule has 2 aliphatic rings. The van der Waals surface area contributed by atoms with E-state index in [1.54, 1.807) is 0 Å². The topological polar surface area (TPSA) is 41.6 Å². The van der Waals surface area contributed by atoms with Gasteiger partial charge in [-0.15, -0.1) is 0 Å². The summed E-state index contributed by atoms with van der Waals surface area (Å²) in [6.07, 6.45) is 5.39. The lowest BCUT2D eigenvalue weighted by atomic mass is 10.1. The number of esters is 1. The Bertz CT molecular complexity index is 252. The molecule has 1 saturated heterocycles. The SMILES string of the molecule is CCOC(=O)C1CNCCN1CC1CCCC1. The molecule has 1 saturated carbocycles. The Morgan fingerprint density at radius 2 is 2.18 bits per heavy atom. The quantitative estimate of drug-likeness (QED) is 0.745. The lowest BCUT2D eigenvalue weighted by Crippen LogP contribution is -2.56. The van der Waals surface area contributed by atoms with Gasteiger partial charge in [0.05, 0.1) is 6.61 Å². The highest BCUT2D eigenvalue weighted by atomic mass is 16.5. The first-order chi connectivity index (χ1) is 8.31. The number of nitrogens with one attached hydrogen (secondary N) is 1. The van der Waals surface area contributed by atoms with E-state index in [1.807, 2.05) is 6.92 Å². The van der Waals surface area contributed by atoms with E-state index >= 15 is 0 Å². The molecule has 1 heterocycles. The van der Waals surface area contributed by atoms with Crippen LogP contribution in [0.15, 0.2) is 0 Å². The lowest BCUT2D eigenvalue weighted by molar-refractivity contribution is -0.150.